The van der Waals surface area contributed by atoms with E-state index in [0.717, 1.165) is 11.3 Å². The number of hydrogen-bond acceptors (Lipinski definition) is 2. The van der Waals surface area contributed by atoms with E-state index < -0.39 is 5.97 Å². The van der Waals surface area contributed by atoms with Gasteiger partial charge in [-0.15, -0.1) is 0 Å². The molecule has 0 fully saturated rings. The second-order valence-electron chi connectivity index (χ2n) is 3.80. The number of carbonyl (C=O) groups is 1. The van der Waals surface area contributed by atoms with Gasteiger partial charge in [0, 0.05) is 23.8 Å². The lowest BCUT2D eigenvalue weighted by Crippen LogP contribution is -1.99. The van der Waals surface area contributed by atoms with E-state index in [4.69, 9.17) is 16.7 Å². The minimum atomic E-state index is -0.995. The quantitative estimate of drug-likeness (QED) is 0.892. The van der Waals surface area contributed by atoms with Crippen molar-refractivity contribution in [3.05, 3.63) is 40.7 Å². The number of nitrogens with zero attached hydrogens (tertiary/aromatic N) is 2. The van der Waals surface area contributed by atoms with Crippen molar-refractivity contribution < 1.29 is 9.90 Å². The van der Waals surface area contributed by atoms with Gasteiger partial charge >= 0.3 is 5.97 Å². The minimum absolute atomic E-state index is 0.189. The number of aromatic nitrogens is 2. The van der Waals surface area contributed by atoms with Crippen molar-refractivity contribution in [3.8, 4) is 11.1 Å². The number of halogens is 1. The summed E-state index contributed by atoms with van der Waals surface area (Å²) in [6.45, 7) is 1.84. The Balaban J connectivity index is 2.67. The van der Waals surface area contributed by atoms with Crippen molar-refractivity contribution in [2.75, 3.05) is 0 Å². The molecule has 2 rings (SSSR count). The van der Waals surface area contributed by atoms with Crippen LogP contribution in [0, 0.1) is 6.92 Å². The predicted molar refractivity (Wildman–Crippen MR) is 65.4 cm³/mol. The van der Waals surface area contributed by atoms with Gasteiger partial charge in [-0.2, -0.15) is 5.10 Å². The van der Waals surface area contributed by atoms with Crippen molar-refractivity contribution in [2.24, 2.45) is 7.05 Å². The fourth-order valence-corrected chi connectivity index (χ4v) is 1.96. The van der Waals surface area contributed by atoms with Crippen LogP contribution in [0.25, 0.3) is 11.1 Å². The van der Waals surface area contributed by atoms with Crippen LogP contribution < -0.4 is 0 Å². The van der Waals surface area contributed by atoms with Gasteiger partial charge < -0.3 is 5.11 Å². The Morgan fingerprint density at radius 2 is 2.12 bits per heavy atom. The molecule has 5 heteroatoms. The standard InChI is InChI=1S/C12H11ClN2O2/c1-7-11(6-15(2)14-7)9-4-3-8(13)5-10(9)12(16)17/h3-6H,1-2H3,(H,16,17). The molecule has 0 saturated heterocycles. The fourth-order valence-electron chi connectivity index (χ4n) is 1.79. The first-order valence-corrected chi connectivity index (χ1v) is 5.40. The molecule has 1 N–H and O–H groups in total. The Bertz CT molecular complexity index is 590. The molecular weight excluding hydrogens is 240 g/mol. The summed E-state index contributed by atoms with van der Waals surface area (Å²) in [5, 5.41) is 13.8. The van der Waals surface area contributed by atoms with E-state index in [2.05, 4.69) is 5.10 Å². The van der Waals surface area contributed by atoms with Gasteiger partial charge in [0.15, 0.2) is 0 Å². The van der Waals surface area contributed by atoms with E-state index >= 15 is 0 Å². The Hall–Kier alpha value is -1.81. The number of carboxylic acid groups (broad SMARTS) is 1. The molecule has 17 heavy (non-hydrogen) atoms. The molecule has 0 amide bonds. The molecule has 0 aliphatic heterocycles. The molecule has 0 atom stereocenters. The lowest BCUT2D eigenvalue weighted by atomic mass is 10.0. The molecule has 88 valence electrons. The maximum Gasteiger partial charge on any atom is 0.336 e. The zero-order valence-corrected chi connectivity index (χ0v) is 10.2. The first-order valence-electron chi connectivity index (χ1n) is 5.02. The molecule has 0 saturated carbocycles. The number of rotatable bonds is 2. The molecule has 1 heterocycles. The lowest BCUT2D eigenvalue weighted by Gasteiger charge is -2.05. The third-order valence-electron chi connectivity index (χ3n) is 2.52. The molecule has 0 unspecified atom stereocenters. The Morgan fingerprint density at radius 3 is 2.65 bits per heavy atom. The number of aryl methyl sites for hydroxylation is 2. The summed E-state index contributed by atoms with van der Waals surface area (Å²) < 4.78 is 1.66. The van der Waals surface area contributed by atoms with Gasteiger partial charge in [-0.1, -0.05) is 17.7 Å². The van der Waals surface area contributed by atoms with Crippen LogP contribution >= 0.6 is 11.6 Å². The SMILES string of the molecule is Cc1nn(C)cc1-c1ccc(Cl)cc1C(=O)O. The highest BCUT2D eigenvalue weighted by molar-refractivity contribution is 6.31. The summed E-state index contributed by atoms with van der Waals surface area (Å²) in [7, 11) is 1.80. The van der Waals surface area contributed by atoms with Gasteiger partial charge in [0.05, 0.1) is 11.3 Å². The van der Waals surface area contributed by atoms with E-state index in [1.807, 2.05) is 6.92 Å². The monoisotopic (exact) mass is 250 g/mol. The number of carboxylic acids is 1. The third kappa shape index (κ3) is 2.17. The minimum Gasteiger partial charge on any atom is -0.478 e. The van der Waals surface area contributed by atoms with Crippen molar-refractivity contribution in [1.82, 2.24) is 9.78 Å². The molecule has 0 spiro atoms. The molecule has 4 nitrogen and oxygen atoms in total. The van der Waals surface area contributed by atoms with Crippen LogP contribution in [0.15, 0.2) is 24.4 Å². The van der Waals surface area contributed by atoms with Gasteiger partial charge in [-0.25, -0.2) is 4.79 Å². The zero-order chi connectivity index (χ0) is 12.6. The predicted octanol–water partition coefficient (Wildman–Crippen LogP) is 2.75. The summed E-state index contributed by atoms with van der Waals surface area (Å²) in [4.78, 5) is 11.2. The smallest absolute Gasteiger partial charge is 0.336 e. The number of benzene rings is 1. The summed E-state index contributed by atoms with van der Waals surface area (Å²) in [6.07, 6.45) is 1.80. The lowest BCUT2D eigenvalue weighted by molar-refractivity contribution is 0.0697. The van der Waals surface area contributed by atoms with Crippen LogP contribution in [0.5, 0.6) is 0 Å². The molecular formula is C12H11ClN2O2. The average molecular weight is 251 g/mol. The number of aromatic carboxylic acids is 1. The van der Waals surface area contributed by atoms with Crippen LogP contribution in [-0.2, 0) is 7.05 Å². The van der Waals surface area contributed by atoms with Crippen molar-refractivity contribution in [1.29, 1.82) is 0 Å². The molecule has 0 aliphatic carbocycles. The van der Waals surface area contributed by atoms with E-state index in [0.29, 0.717) is 10.6 Å². The van der Waals surface area contributed by atoms with E-state index in [1.54, 1.807) is 30.1 Å². The van der Waals surface area contributed by atoms with Crippen LogP contribution in [0.4, 0.5) is 0 Å². The topological polar surface area (TPSA) is 55.1 Å². The molecule has 0 radical (unpaired) electrons. The first kappa shape index (κ1) is 11.7. The van der Waals surface area contributed by atoms with Crippen molar-refractivity contribution >= 4 is 17.6 Å². The summed E-state index contributed by atoms with van der Waals surface area (Å²) >= 11 is 5.81. The highest BCUT2D eigenvalue weighted by Gasteiger charge is 2.15. The van der Waals surface area contributed by atoms with Gasteiger partial charge in [0.2, 0.25) is 0 Å². The van der Waals surface area contributed by atoms with E-state index in [9.17, 15) is 4.79 Å². The van der Waals surface area contributed by atoms with Crippen molar-refractivity contribution in [3.63, 3.8) is 0 Å². The largest absolute Gasteiger partial charge is 0.478 e. The maximum atomic E-state index is 11.2. The highest BCUT2D eigenvalue weighted by Crippen LogP contribution is 2.28. The highest BCUT2D eigenvalue weighted by atomic mass is 35.5. The Kier molecular flexibility index (Phi) is 2.90. The molecule has 2 aromatic rings. The summed E-state index contributed by atoms with van der Waals surface area (Å²) in [5.74, 6) is -0.995. The second kappa shape index (κ2) is 4.22. The van der Waals surface area contributed by atoms with Crippen LogP contribution in [0.3, 0.4) is 0 Å². The molecule has 0 bridgehead atoms. The maximum absolute atomic E-state index is 11.2. The number of hydrogen-bond donors (Lipinski definition) is 1. The van der Waals surface area contributed by atoms with Crippen LogP contribution in [0.2, 0.25) is 5.02 Å². The second-order valence-corrected chi connectivity index (χ2v) is 4.23. The van der Waals surface area contributed by atoms with E-state index in [1.165, 1.54) is 6.07 Å². The summed E-state index contributed by atoms with van der Waals surface area (Å²) in [6, 6.07) is 4.83. The van der Waals surface area contributed by atoms with Crippen LogP contribution in [0.1, 0.15) is 16.1 Å². The molecule has 1 aromatic heterocycles. The van der Waals surface area contributed by atoms with Crippen molar-refractivity contribution in [2.45, 2.75) is 6.92 Å². The van der Waals surface area contributed by atoms with Gasteiger partial charge in [0.1, 0.15) is 0 Å². The summed E-state index contributed by atoms with van der Waals surface area (Å²) in [5.41, 5.74) is 2.42. The third-order valence-corrected chi connectivity index (χ3v) is 2.75. The molecule has 0 aliphatic rings. The van der Waals surface area contributed by atoms with E-state index in [-0.39, 0.29) is 5.56 Å². The van der Waals surface area contributed by atoms with Gasteiger partial charge in [-0.05, 0) is 24.6 Å². The zero-order valence-electron chi connectivity index (χ0n) is 9.44. The fraction of sp³-hybridized carbons (Fsp3) is 0.167. The average Bonchev–Trinajstić information content (AvgIpc) is 2.57. The first-order chi connectivity index (χ1) is 7.99. The Labute approximate surface area is 103 Å². The van der Waals surface area contributed by atoms with Gasteiger partial charge in [-0.3, -0.25) is 4.68 Å². The van der Waals surface area contributed by atoms with Gasteiger partial charge in [0.25, 0.3) is 0 Å². The Morgan fingerprint density at radius 1 is 1.41 bits per heavy atom. The van der Waals surface area contributed by atoms with Crippen LogP contribution in [-0.4, -0.2) is 20.9 Å². The normalized spacial score (nSPS) is 10.5. The molecule has 1 aromatic carbocycles.